The molecule has 210 valence electrons. The van der Waals surface area contributed by atoms with E-state index in [0.29, 0.717) is 19.3 Å². The van der Waals surface area contributed by atoms with Crippen molar-refractivity contribution < 1.29 is 19.2 Å². The molecule has 0 saturated heterocycles. The van der Waals surface area contributed by atoms with Gasteiger partial charge < -0.3 is 0 Å². The fourth-order valence-electron chi connectivity index (χ4n) is 10.2. The number of nitriles is 1. The molecule has 0 aromatic rings. The molecule has 7 heteroatoms. The van der Waals surface area contributed by atoms with Gasteiger partial charge in [-0.25, -0.2) is 0 Å². The van der Waals surface area contributed by atoms with E-state index in [2.05, 4.69) is 51.5 Å². The molecule has 0 aliphatic heterocycles. The SMILES string of the molecule is CC1(C)CC[C@]2(C(=O)NNC=O)CC[C@]3(C)C(C(=O)C=C4[C@@]5(C)C=C(C#N)C(=O)C(C)(C)[C@@H]5CC[C@]43C)C2C1. The highest BCUT2D eigenvalue weighted by atomic mass is 16.2. The second-order valence-electron chi connectivity index (χ2n) is 15.1. The summed E-state index contributed by atoms with van der Waals surface area (Å²) in [6.07, 6.45) is 9.61. The van der Waals surface area contributed by atoms with Gasteiger partial charge in [0.25, 0.3) is 0 Å². The summed E-state index contributed by atoms with van der Waals surface area (Å²) in [5.74, 6) is -0.691. The molecule has 0 spiro atoms. The van der Waals surface area contributed by atoms with E-state index in [-0.39, 0.29) is 57.0 Å². The highest BCUT2D eigenvalue weighted by Crippen LogP contribution is 2.74. The Hall–Kier alpha value is -2.75. The Morgan fingerprint density at radius 3 is 2.33 bits per heavy atom. The first-order valence-electron chi connectivity index (χ1n) is 14.5. The number of carbonyl (C=O) groups excluding carboxylic acids is 4. The van der Waals surface area contributed by atoms with Crippen LogP contribution in [0.2, 0.25) is 0 Å². The Kier molecular flexibility index (Phi) is 5.97. The van der Waals surface area contributed by atoms with Crippen LogP contribution in [-0.4, -0.2) is 23.9 Å². The number of allylic oxidation sites excluding steroid dienone is 4. The Bertz CT molecular complexity index is 1270. The van der Waals surface area contributed by atoms with Crippen LogP contribution in [0, 0.1) is 61.6 Å². The van der Waals surface area contributed by atoms with Gasteiger partial charge in [-0.05, 0) is 79.1 Å². The zero-order valence-electron chi connectivity index (χ0n) is 24.5. The van der Waals surface area contributed by atoms with Crippen molar-refractivity contribution in [1.29, 1.82) is 5.26 Å². The summed E-state index contributed by atoms with van der Waals surface area (Å²) in [6, 6.07) is 2.16. The maximum absolute atomic E-state index is 14.4. The molecule has 2 amide bonds. The third-order valence-electron chi connectivity index (χ3n) is 12.6. The second-order valence-corrected chi connectivity index (χ2v) is 15.1. The number of amides is 2. The average molecular weight is 534 g/mol. The molecule has 2 unspecified atom stereocenters. The summed E-state index contributed by atoms with van der Waals surface area (Å²) in [5, 5.41) is 9.88. The molecule has 5 aliphatic rings. The predicted octanol–water partition coefficient (Wildman–Crippen LogP) is 4.98. The van der Waals surface area contributed by atoms with Gasteiger partial charge in [-0.3, -0.25) is 30.0 Å². The van der Waals surface area contributed by atoms with E-state index in [1.54, 1.807) is 0 Å². The van der Waals surface area contributed by atoms with Gasteiger partial charge in [-0.1, -0.05) is 60.1 Å². The van der Waals surface area contributed by atoms with Gasteiger partial charge in [0.2, 0.25) is 12.3 Å². The highest BCUT2D eigenvalue weighted by Gasteiger charge is 2.70. The Morgan fingerprint density at radius 1 is 1.03 bits per heavy atom. The van der Waals surface area contributed by atoms with Crippen LogP contribution in [0.25, 0.3) is 0 Å². The number of fused-ring (bicyclic) bond motifs is 7. The second kappa shape index (κ2) is 8.38. The van der Waals surface area contributed by atoms with Crippen molar-refractivity contribution in [3.63, 3.8) is 0 Å². The lowest BCUT2D eigenvalue weighted by atomic mass is 9.34. The number of hydrogen-bond donors (Lipinski definition) is 2. The summed E-state index contributed by atoms with van der Waals surface area (Å²) in [7, 11) is 0. The first kappa shape index (κ1) is 27.8. The standard InChI is InChI=1S/C32H43N3O4/c1-27(2)10-12-32(26(39)35-34-18-36)13-11-31(7)24(20(32)16-27)21(37)14-23-29(5)15-19(17-33)25(38)28(3,4)22(29)8-9-30(23,31)6/h14-15,18,20,22,24H,8-13,16H2,1-7H3,(H,34,36)(H,35,39)/t20?,22-,24?,29-,30+,31+,32-/m0/s1. The number of nitrogens with zero attached hydrogens (tertiary/aromatic N) is 1. The van der Waals surface area contributed by atoms with Gasteiger partial charge in [-0.2, -0.15) is 5.26 Å². The molecule has 7 atom stereocenters. The number of rotatable bonds is 3. The van der Waals surface area contributed by atoms with E-state index in [1.807, 2.05) is 26.0 Å². The zero-order valence-corrected chi connectivity index (χ0v) is 24.5. The lowest BCUT2D eigenvalue weighted by Gasteiger charge is -2.69. The molecule has 0 aromatic carbocycles. The lowest BCUT2D eigenvalue weighted by Crippen LogP contribution is -2.67. The molecular formula is C32H43N3O4. The van der Waals surface area contributed by atoms with Crippen LogP contribution in [-0.2, 0) is 19.2 Å². The first-order chi connectivity index (χ1) is 18.0. The zero-order chi connectivity index (χ0) is 28.8. The predicted molar refractivity (Wildman–Crippen MR) is 146 cm³/mol. The molecule has 0 radical (unpaired) electrons. The maximum atomic E-state index is 14.4. The van der Waals surface area contributed by atoms with Crippen molar-refractivity contribution in [2.75, 3.05) is 0 Å². The number of hydrogen-bond acceptors (Lipinski definition) is 5. The quantitative estimate of drug-likeness (QED) is 0.392. The van der Waals surface area contributed by atoms with Crippen molar-refractivity contribution in [3.05, 3.63) is 23.3 Å². The van der Waals surface area contributed by atoms with Crippen molar-refractivity contribution >= 4 is 23.9 Å². The number of Topliss-reactive ketones (excluding diaryl/α,β-unsaturated/α-hetero) is 1. The van der Waals surface area contributed by atoms with Gasteiger partial charge in [0.05, 0.1) is 11.0 Å². The Labute approximate surface area is 232 Å². The molecule has 3 fully saturated rings. The Balaban J connectivity index is 1.68. The van der Waals surface area contributed by atoms with Gasteiger partial charge in [0.15, 0.2) is 11.6 Å². The topological polar surface area (TPSA) is 116 Å². The fourth-order valence-corrected chi connectivity index (χ4v) is 10.2. The van der Waals surface area contributed by atoms with E-state index >= 15 is 0 Å². The molecule has 7 nitrogen and oxygen atoms in total. The highest BCUT2D eigenvalue weighted by molar-refractivity contribution is 6.04. The van der Waals surface area contributed by atoms with Crippen molar-refractivity contribution in [2.45, 2.75) is 93.4 Å². The molecular weight excluding hydrogens is 490 g/mol. The smallest absolute Gasteiger partial charge is 0.244 e. The summed E-state index contributed by atoms with van der Waals surface area (Å²) < 4.78 is 0. The van der Waals surface area contributed by atoms with Gasteiger partial charge >= 0.3 is 0 Å². The molecule has 5 rings (SSSR count). The number of nitrogens with one attached hydrogen (secondary N) is 2. The van der Waals surface area contributed by atoms with E-state index < -0.39 is 16.2 Å². The minimum atomic E-state index is -0.707. The van der Waals surface area contributed by atoms with Gasteiger partial charge in [0, 0.05) is 16.7 Å². The van der Waals surface area contributed by atoms with Crippen LogP contribution < -0.4 is 10.9 Å². The third kappa shape index (κ3) is 3.45. The molecule has 3 saturated carbocycles. The van der Waals surface area contributed by atoms with Crippen molar-refractivity contribution in [3.8, 4) is 6.07 Å². The average Bonchev–Trinajstić information content (AvgIpc) is 2.86. The van der Waals surface area contributed by atoms with Crippen molar-refractivity contribution in [2.24, 2.45) is 50.2 Å². The normalized spacial score (nSPS) is 43.7. The minimum absolute atomic E-state index is 0.00152. The fraction of sp³-hybridized carbons (Fsp3) is 0.719. The molecule has 39 heavy (non-hydrogen) atoms. The Morgan fingerprint density at radius 2 is 1.69 bits per heavy atom. The van der Waals surface area contributed by atoms with Gasteiger partial charge in [0.1, 0.15) is 6.07 Å². The van der Waals surface area contributed by atoms with E-state index in [1.165, 1.54) is 0 Å². The number of hydrazine groups is 1. The first-order valence-corrected chi connectivity index (χ1v) is 14.5. The molecule has 5 aliphatic carbocycles. The van der Waals surface area contributed by atoms with Crippen LogP contribution >= 0.6 is 0 Å². The van der Waals surface area contributed by atoms with Crippen LogP contribution in [0.1, 0.15) is 93.4 Å². The summed E-state index contributed by atoms with van der Waals surface area (Å²) in [4.78, 5) is 52.3. The van der Waals surface area contributed by atoms with E-state index in [0.717, 1.165) is 37.7 Å². The summed E-state index contributed by atoms with van der Waals surface area (Å²) in [6.45, 7) is 15.0. The van der Waals surface area contributed by atoms with Crippen LogP contribution in [0.3, 0.4) is 0 Å². The van der Waals surface area contributed by atoms with Gasteiger partial charge in [-0.15, -0.1) is 0 Å². The van der Waals surface area contributed by atoms with E-state index in [4.69, 9.17) is 0 Å². The lowest BCUT2D eigenvalue weighted by molar-refractivity contribution is -0.179. The number of carbonyl (C=O) groups is 4. The molecule has 2 N–H and O–H groups in total. The summed E-state index contributed by atoms with van der Waals surface area (Å²) in [5.41, 5.74) is 3.54. The van der Waals surface area contributed by atoms with Crippen molar-refractivity contribution in [1.82, 2.24) is 10.9 Å². The maximum Gasteiger partial charge on any atom is 0.244 e. The van der Waals surface area contributed by atoms with E-state index in [9.17, 15) is 24.4 Å². The molecule has 0 bridgehead atoms. The largest absolute Gasteiger partial charge is 0.295 e. The van der Waals surface area contributed by atoms with Crippen LogP contribution in [0.5, 0.6) is 0 Å². The molecule has 0 heterocycles. The third-order valence-corrected chi connectivity index (χ3v) is 12.6. The van der Waals surface area contributed by atoms with Crippen LogP contribution in [0.15, 0.2) is 23.3 Å². The number of ketones is 2. The van der Waals surface area contributed by atoms with Crippen LogP contribution in [0.4, 0.5) is 0 Å². The molecule has 0 aromatic heterocycles. The summed E-state index contributed by atoms with van der Waals surface area (Å²) >= 11 is 0. The minimum Gasteiger partial charge on any atom is -0.295 e. The monoisotopic (exact) mass is 533 g/mol.